The smallest absolute Gasteiger partial charge is 0.317 e. The van der Waals surface area contributed by atoms with Crippen LogP contribution in [0.5, 0.6) is 0 Å². The van der Waals surface area contributed by atoms with Gasteiger partial charge in [-0.2, -0.15) is 0 Å². The second-order valence-corrected chi connectivity index (χ2v) is 6.38. The van der Waals surface area contributed by atoms with Crippen LogP contribution in [0.25, 0.3) is 0 Å². The highest BCUT2D eigenvalue weighted by Gasteiger charge is 2.48. The fourth-order valence-corrected chi connectivity index (χ4v) is 3.93. The molecule has 2 aliphatic heterocycles. The molecule has 2 heterocycles. The van der Waals surface area contributed by atoms with Crippen LogP contribution in [0.1, 0.15) is 25.7 Å². The summed E-state index contributed by atoms with van der Waals surface area (Å²) in [6.45, 7) is 2.37. The van der Waals surface area contributed by atoms with Crippen molar-refractivity contribution in [2.45, 2.75) is 31.7 Å². The van der Waals surface area contributed by atoms with Crippen LogP contribution < -0.4 is 11.1 Å². The van der Waals surface area contributed by atoms with E-state index in [-0.39, 0.29) is 18.0 Å². The summed E-state index contributed by atoms with van der Waals surface area (Å²) >= 11 is 5.18. The number of rotatable bonds is 2. The SMILES string of the molecule is NC(=S)C1(C(=O)N2CCN3C(=O)NCC3C2)CCCC1. The quantitative estimate of drug-likeness (QED) is 0.707. The van der Waals surface area contributed by atoms with Gasteiger partial charge in [0.05, 0.1) is 16.4 Å². The van der Waals surface area contributed by atoms with Crippen LogP contribution in [0.3, 0.4) is 0 Å². The Balaban J connectivity index is 1.75. The maximum absolute atomic E-state index is 12.9. The van der Waals surface area contributed by atoms with Crippen LogP contribution in [-0.2, 0) is 4.79 Å². The Morgan fingerprint density at radius 1 is 1.35 bits per heavy atom. The molecule has 110 valence electrons. The first kappa shape index (κ1) is 13.6. The number of urea groups is 1. The molecule has 1 atom stereocenters. The average Bonchev–Trinajstić information content (AvgIpc) is 3.06. The first-order valence-corrected chi connectivity index (χ1v) is 7.59. The number of amides is 3. The summed E-state index contributed by atoms with van der Waals surface area (Å²) in [5, 5.41) is 2.82. The zero-order valence-electron chi connectivity index (χ0n) is 11.4. The Morgan fingerprint density at radius 2 is 2.05 bits per heavy atom. The van der Waals surface area contributed by atoms with E-state index in [1.165, 1.54) is 0 Å². The second-order valence-electron chi connectivity index (χ2n) is 5.94. The molecule has 6 nitrogen and oxygen atoms in total. The molecule has 2 saturated heterocycles. The molecule has 0 aromatic heterocycles. The lowest BCUT2D eigenvalue weighted by molar-refractivity contribution is -0.140. The number of thiocarbonyl (C=S) groups is 1. The molecule has 0 aromatic rings. The molecule has 0 radical (unpaired) electrons. The molecule has 3 amide bonds. The molecule has 1 aliphatic carbocycles. The monoisotopic (exact) mass is 296 g/mol. The molecule has 0 bridgehead atoms. The van der Waals surface area contributed by atoms with E-state index in [4.69, 9.17) is 18.0 Å². The van der Waals surface area contributed by atoms with Gasteiger partial charge in [0.25, 0.3) is 0 Å². The van der Waals surface area contributed by atoms with Gasteiger partial charge < -0.3 is 20.9 Å². The van der Waals surface area contributed by atoms with E-state index in [1.807, 2.05) is 9.80 Å². The van der Waals surface area contributed by atoms with Crippen LogP contribution in [0.15, 0.2) is 0 Å². The molecule has 0 aromatic carbocycles. The molecule has 0 spiro atoms. The lowest BCUT2D eigenvalue weighted by atomic mass is 9.84. The average molecular weight is 296 g/mol. The van der Waals surface area contributed by atoms with E-state index in [0.29, 0.717) is 31.2 Å². The van der Waals surface area contributed by atoms with Crippen molar-refractivity contribution in [2.75, 3.05) is 26.2 Å². The summed E-state index contributed by atoms with van der Waals surface area (Å²) in [5.41, 5.74) is 5.24. The summed E-state index contributed by atoms with van der Waals surface area (Å²) in [5.74, 6) is 0.0708. The van der Waals surface area contributed by atoms with E-state index in [9.17, 15) is 9.59 Å². The second kappa shape index (κ2) is 4.87. The van der Waals surface area contributed by atoms with Crippen molar-refractivity contribution in [2.24, 2.45) is 11.1 Å². The van der Waals surface area contributed by atoms with Crippen LogP contribution in [-0.4, -0.2) is 58.9 Å². The number of piperazine rings is 1. The predicted octanol–water partition coefficient (Wildman–Crippen LogP) is 0.0689. The van der Waals surface area contributed by atoms with Crippen LogP contribution in [0.4, 0.5) is 4.79 Å². The van der Waals surface area contributed by atoms with Crippen LogP contribution >= 0.6 is 12.2 Å². The topological polar surface area (TPSA) is 78.7 Å². The number of hydrogen-bond acceptors (Lipinski definition) is 3. The fraction of sp³-hybridized carbons (Fsp3) is 0.769. The third-order valence-corrected chi connectivity index (χ3v) is 5.25. The summed E-state index contributed by atoms with van der Waals surface area (Å²) in [4.78, 5) is 28.5. The number of hydrogen-bond donors (Lipinski definition) is 2. The van der Waals surface area contributed by atoms with E-state index in [0.717, 1.165) is 25.7 Å². The van der Waals surface area contributed by atoms with Gasteiger partial charge in [0.2, 0.25) is 5.91 Å². The Morgan fingerprint density at radius 3 is 2.70 bits per heavy atom. The Hall–Kier alpha value is -1.37. The number of nitrogens with two attached hydrogens (primary N) is 1. The number of carbonyl (C=O) groups is 2. The zero-order valence-corrected chi connectivity index (χ0v) is 12.2. The van der Waals surface area contributed by atoms with Gasteiger partial charge in [0.1, 0.15) is 0 Å². The van der Waals surface area contributed by atoms with Gasteiger partial charge in [-0.05, 0) is 12.8 Å². The van der Waals surface area contributed by atoms with Crippen molar-refractivity contribution in [3.8, 4) is 0 Å². The zero-order chi connectivity index (χ0) is 14.3. The molecule has 20 heavy (non-hydrogen) atoms. The van der Waals surface area contributed by atoms with Crippen molar-refractivity contribution in [1.82, 2.24) is 15.1 Å². The highest BCUT2D eigenvalue weighted by Crippen LogP contribution is 2.40. The minimum atomic E-state index is -0.631. The summed E-state index contributed by atoms with van der Waals surface area (Å²) < 4.78 is 0. The molecule has 3 rings (SSSR count). The molecule has 3 aliphatic rings. The van der Waals surface area contributed by atoms with Crippen molar-refractivity contribution >= 4 is 29.1 Å². The molecule has 1 unspecified atom stereocenters. The van der Waals surface area contributed by atoms with Gasteiger partial charge in [0, 0.05) is 26.2 Å². The molecule has 3 N–H and O–H groups in total. The van der Waals surface area contributed by atoms with E-state index < -0.39 is 5.41 Å². The minimum absolute atomic E-state index is 0.0213. The van der Waals surface area contributed by atoms with Crippen molar-refractivity contribution in [1.29, 1.82) is 0 Å². The highest BCUT2D eigenvalue weighted by molar-refractivity contribution is 7.80. The van der Waals surface area contributed by atoms with Crippen LogP contribution in [0.2, 0.25) is 0 Å². The van der Waals surface area contributed by atoms with Gasteiger partial charge in [-0.3, -0.25) is 4.79 Å². The normalized spacial score (nSPS) is 28.2. The maximum Gasteiger partial charge on any atom is 0.317 e. The standard InChI is InChI=1S/C13H20N4O2S/c14-10(20)13(3-1-2-4-13)11(18)16-5-6-17-9(8-16)7-15-12(17)19/h9H,1-8H2,(H2,14,20)(H,15,19). The van der Waals surface area contributed by atoms with Crippen molar-refractivity contribution in [3.05, 3.63) is 0 Å². The van der Waals surface area contributed by atoms with Crippen molar-refractivity contribution in [3.63, 3.8) is 0 Å². The first-order valence-electron chi connectivity index (χ1n) is 7.18. The number of fused-ring (bicyclic) bond motifs is 1. The third kappa shape index (κ3) is 1.95. The molecule has 1 saturated carbocycles. The summed E-state index contributed by atoms with van der Waals surface area (Å²) in [6, 6.07) is 0.0667. The van der Waals surface area contributed by atoms with Crippen molar-refractivity contribution < 1.29 is 9.59 Å². The van der Waals surface area contributed by atoms with Gasteiger partial charge in [-0.1, -0.05) is 25.1 Å². The van der Waals surface area contributed by atoms with Gasteiger partial charge >= 0.3 is 6.03 Å². The van der Waals surface area contributed by atoms with Gasteiger partial charge in [-0.15, -0.1) is 0 Å². The predicted molar refractivity (Wildman–Crippen MR) is 78.2 cm³/mol. The molecule has 7 heteroatoms. The van der Waals surface area contributed by atoms with E-state index in [2.05, 4.69) is 5.32 Å². The molecule has 3 fully saturated rings. The first-order chi connectivity index (χ1) is 9.54. The minimum Gasteiger partial charge on any atom is -0.392 e. The molecular formula is C13H20N4O2S. The lowest BCUT2D eigenvalue weighted by Crippen LogP contribution is -2.58. The largest absolute Gasteiger partial charge is 0.392 e. The number of carbonyl (C=O) groups excluding carboxylic acids is 2. The Labute approximate surface area is 123 Å². The third-order valence-electron chi connectivity index (χ3n) is 4.86. The number of nitrogens with one attached hydrogen (secondary N) is 1. The van der Waals surface area contributed by atoms with Crippen LogP contribution in [0, 0.1) is 5.41 Å². The summed E-state index contributed by atoms with van der Waals surface area (Å²) in [6.07, 6.45) is 3.55. The Kier molecular flexibility index (Phi) is 3.32. The van der Waals surface area contributed by atoms with E-state index >= 15 is 0 Å². The lowest BCUT2D eigenvalue weighted by Gasteiger charge is -2.40. The fourth-order valence-electron chi connectivity index (χ4n) is 3.64. The number of nitrogens with zero attached hydrogens (tertiary/aromatic N) is 2. The molecular weight excluding hydrogens is 276 g/mol. The Bertz CT molecular complexity index is 461. The maximum atomic E-state index is 12.9. The van der Waals surface area contributed by atoms with Gasteiger partial charge in [0.15, 0.2) is 0 Å². The van der Waals surface area contributed by atoms with Gasteiger partial charge in [-0.25, -0.2) is 4.79 Å². The summed E-state index contributed by atoms with van der Waals surface area (Å²) in [7, 11) is 0. The highest BCUT2D eigenvalue weighted by atomic mass is 32.1. The van der Waals surface area contributed by atoms with E-state index in [1.54, 1.807) is 0 Å².